The molecule has 0 atom stereocenters. The van der Waals surface area contributed by atoms with Crippen LogP contribution in [-0.4, -0.2) is 44.6 Å². The minimum Gasteiger partial charge on any atom is -0.493 e. The Morgan fingerprint density at radius 1 is 1.26 bits per heavy atom. The van der Waals surface area contributed by atoms with E-state index in [1.807, 2.05) is 0 Å². The Hall–Kier alpha value is -1.11. The summed E-state index contributed by atoms with van der Waals surface area (Å²) in [5.74, 6) is -0.641. The van der Waals surface area contributed by atoms with E-state index in [2.05, 4.69) is 15.9 Å². The number of carboxylic acid groups (broad SMARTS) is 1. The maximum atomic E-state index is 11.0. The van der Waals surface area contributed by atoms with Gasteiger partial charge >= 0.3 is 5.97 Å². The maximum absolute atomic E-state index is 11.0. The van der Waals surface area contributed by atoms with E-state index in [0.717, 1.165) is 4.47 Å². The lowest BCUT2D eigenvalue weighted by atomic mass is 10.2. The van der Waals surface area contributed by atoms with Crippen molar-refractivity contribution < 1.29 is 24.1 Å². The quantitative estimate of drug-likeness (QED) is 0.704. The second-order valence-electron chi connectivity index (χ2n) is 3.75. The largest absolute Gasteiger partial charge is 0.493 e. The van der Waals surface area contributed by atoms with E-state index in [0.29, 0.717) is 38.6 Å². The molecule has 1 aromatic rings. The summed E-state index contributed by atoms with van der Waals surface area (Å²) >= 11 is 3.29. The zero-order chi connectivity index (χ0) is 14.1. The van der Waals surface area contributed by atoms with Crippen LogP contribution in [0.5, 0.6) is 5.75 Å². The Morgan fingerprint density at radius 3 is 2.74 bits per heavy atom. The van der Waals surface area contributed by atoms with Crippen molar-refractivity contribution in [2.75, 3.05) is 33.5 Å². The summed E-state index contributed by atoms with van der Waals surface area (Å²) in [6, 6.07) is 4.83. The molecule has 0 aliphatic heterocycles. The third kappa shape index (κ3) is 6.04. The third-order valence-electron chi connectivity index (χ3n) is 2.30. The minimum absolute atomic E-state index is 0.156. The first-order valence-corrected chi connectivity index (χ1v) is 6.66. The molecule has 1 aromatic carbocycles. The highest BCUT2D eigenvalue weighted by Crippen LogP contribution is 2.23. The molecule has 0 aromatic heterocycles. The summed E-state index contributed by atoms with van der Waals surface area (Å²) in [4.78, 5) is 11.0. The molecule has 1 N–H and O–H groups in total. The average Bonchev–Trinajstić information content (AvgIpc) is 2.37. The van der Waals surface area contributed by atoms with E-state index >= 15 is 0 Å². The molecule has 0 aliphatic rings. The molecule has 5 nitrogen and oxygen atoms in total. The van der Waals surface area contributed by atoms with Gasteiger partial charge in [0.2, 0.25) is 0 Å². The average molecular weight is 333 g/mol. The summed E-state index contributed by atoms with van der Waals surface area (Å²) in [6.45, 7) is 2.08. The van der Waals surface area contributed by atoms with Gasteiger partial charge in [-0.2, -0.15) is 0 Å². The zero-order valence-corrected chi connectivity index (χ0v) is 12.3. The Kier molecular flexibility index (Phi) is 7.47. The number of carbonyl (C=O) groups is 1. The van der Waals surface area contributed by atoms with Crippen molar-refractivity contribution in [3.63, 3.8) is 0 Å². The third-order valence-corrected chi connectivity index (χ3v) is 2.79. The van der Waals surface area contributed by atoms with Crippen molar-refractivity contribution in [3.8, 4) is 5.75 Å². The molecular formula is C13H17BrO5. The van der Waals surface area contributed by atoms with E-state index < -0.39 is 5.97 Å². The van der Waals surface area contributed by atoms with Gasteiger partial charge in [-0.25, -0.2) is 4.79 Å². The van der Waals surface area contributed by atoms with Gasteiger partial charge in [0.15, 0.2) is 0 Å². The number of ether oxygens (including phenoxy) is 3. The highest BCUT2D eigenvalue weighted by molar-refractivity contribution is 9.10. The molecule has 0 radical (unpaired) electrons. The van der Waals surface area contributed by atoms with Crippen LogP contribution in [0.1, 0.15) is 16.8 Å². The topological polar surface area (TPSA) is 65.0 Å². The standard InChI is InChI=1S/C13H17BrO5/c1-17-7-8-18-5-2-6-19-12-9-10(14)3-4-11(12)13(15)16/h3-4,9H,2,5-8H2,1H3,(H,15,16). The second kappa shape index (κ2) is 8.90. The van der Waals surface area contributed by atoms with Crippen LogP contribution in [0.3, 0.4) is 0 Å². The van der Waals surface area contributed by atoms with Crippen LogP contribution in [0, 0.1) is 0 Å². The summed E-state index contributed by atoms with van der Waals surface area (Å²) in [5, 5.41) is 9.02. The van der Waals surface area contributed by atoms with Crippen LogP contribution in [0.4, 0.5) is 0 Å². The predicted octanol–water partition coefficient (Wildman–Crippen LogP) is 2.58. The molecule has 0 heterocycles. The Morgan fingerprint density at radius 2 is 2.05 bits per heavy atom. The van der Waals surface area contributed by atoms with E-state index in [9.17, 15) is 4.79 Å². The van der Waals surface area contributed by atoms with Crippen molar-refractivity contribution in [3.05, 3.63) is 28.2 Å². The molecule has 0 bridgehead atoms. The van der Waals surface area contributed by atoms with Gasteiger partial charge in [-0.05, 0) is 18.2 Å². The van der Waals surface area contributed by atoms with E-state index in [1.165, 1.54) is 6.07 Å². The first-order chi connectivity index (χ1) is 9.15. The second-order valence-corrected chi connectivity index (χ2v) is 4.67. The van der Waals surface area contributed by atoms with Gasteiger partial charge in [0, 0.05) is 24.6 Å². The van der Waals surface area contributed by atoms with Crippen LogP contribution in [0.25, 0.3) is 0 Å². The number of carboxylic acids is 1. The van der Waals surface area contributed by atoms with E-state index in [-0.39, 0.29) is 5.56 Å². The van der Waals surface area contributed by atoms with Gasteiger partial charge in [-0.15, -0.1) is 0 Å². The molecule has 19 heavy (non-hydrogen) atoms. The van der Waals surface area contributed by atoms with Gasteiger partial charge in [-0.1, -0.05) is 15.9 Å². The van der Waals surface area contributed by atoms with Crippen molar-refractivity contribution in [1.29, 1.82) is 0 Å². The van der Waals surface area contributed by atoms with Crippen molar-refractivity contribution in [1.82, 2.24) is 0 Å². The van der Waals surface area contributed by atoms with Crippen molar-refractivity contribution in [2.24, 2.45) is 0 Å². The fourth-order valence-electron chi connectivity index (χ4n) is 1.38. The Bertz CT molecular complexity index is 408. The Balaban J connectivity index is 2.36. The summed E-state index contributed by atoms with van der Waals surface area (Å²) < 4.78 is 16.4. The molecule has 6 heteroatoms. The lowest BCUT2D eigenvalue weighted by molar-refractivity contribution is 0.0637. The van der Waals surface area contributed by atoms with Gasteiger partial charge in [0.25, 0.3) is 0 Å². The van der Waals surface area contributed by atoms with Gasteiger partial charge in [0.1, 0.15) is 11.3 Å². The number of benzene rings is 1. The van der Waals surface area contributed by atoms with Crippen molar-refractivity contribution >= 4 is 21.9 Å². The first kappa shape index (κ1) is 15.9. The smallest absolute Gasteiger partial charge is 0.339 e. The normalized spacial score (nSPS) is 10.4. The van der Waals surface area contributed by atoms with E-state index in [1.54, 1.807) is 19.2 Å². The molecule has 0 saturated heterocycles. The molecular weight excluding hydrogens is 316 g/mol. The van der Waals surface area contributed by atoms with Crippen LogP contribution in [-0.2, 0) is 9.47 Å². The fourth-order valence-corrected chi connectivity index (χ4v) is 1.72. The molecule has 0 spiro atoms. The molecule has 1 rings (SSSR count). The lowest BCUT2D eigenvalue weighted by Crippen LogP contribution is -2.08. The number of hydrogen-bond donors (Lipinski definition) is 1. The highest BCUT2D eigenvalue weighted by atomic mass is 79.9. The summed E-state index contributed by atoms with van der Waals surface area (Å²) in [6.07, 6.45) is 0.690. The van der Waals surface area contributed by atoms with Gasteiger partial charge in [0.05, 0.1) is 19.8 Å². The number of halogens is 1. The fraction of sp³-hybridized carbons (Fsp3) is 0.462. The first-order valence-electron chi connectivity index (χ1n) is 5.87. The monoisotopic (exact) mass is 332 g/mol. The van der Waals surface area contributed by atoms with Gasteiger partial charge < -0.3 is 19.3 Å². The number of rotatable bonds is 9. The Labute approximate surface area is 120 Å². The van der Waals surface area contributed by atoms with Gasteiger partial charge in [-0.3, -0.25) is 0 Å². The number of hydrogen-bond acceptors (Lipinski definition) is 4. The predicted molar refractivity (Wildman–Crippen MR) is 73.9 cm³/mol. The number of methoxy groups -OCH3 is 1. The molecule has 0 fully saturated rings. The minimum atomic E-state index is -1.00. The molecule has 0 amide bonds. The highest BCUT2D eigenvalue weighted by Gasteiger charge is 2.11. The maximum Gasteiger partial charge on any atom is 0.339 e. The number of aromatic carboxylic acids is 1. The zero-order valence-electron chi connectivity index (χ0n) is 10.7. The van der Waals surface area contributed by atoms with Crippen LogP contribution in [0.15, 0.2) is 22.7 Å². The molecule has 106 valence electrons. The van der Waals surface area contributed by atoms with Crippen molar-refractivity contribution in [2.45, 2.75) is 6.42 Å². The van der Waals surface area contributed by atoms with Crippen LogP contribution >= 0.6 is 15.9 Å². The van der Waals surface area contributed by atoms with Crippen LogP contribution in [0.2, 0.25) is 0 Å². The summed E-state index contributed by atoms with van der Waals surface area (Å²) in [7, 11) is 1.62. The molecule has 0 unspecified atom stereocenters. The SMILES string of the molecule is COCCOCCCOc1cc(Br)ccc1C(=O)O. The molecule has 0 saturated carbocycles. The lowest BCUT2D eigenvalue weighted by Gasteiger charge is -2.09. The van der Waals surface area contributed by atoms with E-state index in [4.69, 9.17) is 19.3 Å². The molecule has 0 aliphatic carbocycles. The summed E-state index contributed by atoms with van der Waals surface area (Å²) in [5.41, 5.74) is 0.156. The van der Waals surface area contributed by atoms with Crippen LogP contribution < -0.4 is 4.74 Å².